The van der Waals surface area contributed by atoms with Gasteiger partial charge in [-0.1, -0.05) is 188 Å². The van der Waals surface area contributed by atoms with Crippen LogP contribution in [0.4, 0.5) is 17.1 Å². The van der Waals surface area contributed by atoms with Crippen LogP contribution in [-0.4, -0.2) is 0 Å². The third-order valence-electron chi connectivity index (χ3n) is 10.9. The van der Waals surface area contributed by atoms with E-state index >= 15 is 0 Å². The topological polar surface area (TPSA) is 3.24 Å². The minimum Gasteiger partial charge on any atom is -0.310 e. The summed E-state index contributed by atoms with van der Waals surface area (Å²) in [7, 11) is 0. The lowest BCUT2D eigenvalue weighted by atomic mass is 9.81. The maximum Gasteiger partial charge on any atom is 0.0468 e. The zero-order chi connectivity index (χ0) is 36.6. The van der Waals surface area contributed by atoms with E-state index in [1.165, 1.54) is 72.3 Å². The Morgan fingerprint density at radius 1 is 0.218 bits per heavy atom. The summed E-state index contributed by atoms with van der Waals surface area (Å²) in [5.41, 5.74) is 20.4. The Hall–Kier alpha value is -7.22. The number of hydrogen-bond acceptors (Lipinski definition) is 1. The summed E-state index contributed by atoms with van der Waals surface area (Å²) < 4.78 is 0. The normalized spacial score (nSPS) is 13.9. The summed E-state index contributed by atoms with van der Waals surface area (Å²) in [6.07, 6.45) is 12.9. The fraction of sp³-hybridized carbons (Fsp3) is 0. The van der Waals surface area contributed by atoms with E-state index in [0.717, 1.165) is 22.6 Å². The van der Waals surface area contributed by atoms with Gasteiger partial charge in [0.05, 0.1) is 0 Å². The summed E-state index contributed by atoms with van der Waals surface area (Å²) in [6, 6.07) is 68.6. The molecule has 1 heteroatoms. The Labute approximate surface area is 323 Å². The molecule has 8 aromatic carbocycles. The molecule has 0 unspecified atom stereocenters. The number of allylic oxidation sites excluding steroid dienone is 4. The molecule has 0 aliphatic heterocycles. The molecule has 0 heterocycles. The molecule has 1 nitrogen and oxygen atoms in total. The van der Waals surface area contributed by atoms with Crippen LogP contribution in [0.3, 0.4) is 0 Å². The molecule has 0 atom stereocenters. The average Bonchev–Trinajstić information content (AvgIpc) is 3.25. The van der Waals surface area contributed by atoms with Gasteiger partial charge in [-0.15, -0.1) is 0 Å². The molecular weight excluding hydrogens is 663 g/mol. The van der Waals surface area contributed by atoms with E-state index in [9.17, 15) is 0 Å². The highest BCUT2D eigenvalue weighted by Gasteiger charge is 2.24. The van der Waals surface area contributed by atoms with E-state index < -0.39 is 0 Å². The first kappa shape index (κ1) is 32.4. The first-order chi connectivity index (χ1) is 27.3. The number of nitrogens with zero attached hydrogens (tertiary/aromatic N) is 1. The van der Waals surface area contributed by atoms with Gasteiger partial charge in [0.25, 0.3) is 0 Å². The number of rotatable bonds is 3. The van der Waals surface area contributed by atoms with Gasteiger partial charge in [0.15, 0.2) is 0 Å². The zero-order valence-corrected chi connectivity index (χ0v) is 30.3. The Kier molecular flexibility index (Phi) is 8.24. The Bertz CT molecular complexity index is 2810. The second kappa shape index (κ2) is 14.0. The van der Waals surface area contributed by atoms with E-state index in [0.29, 0.717) is 0 Å². The molecule has 0 spiro atoms. The maximum absolute atomic E-state index is 2.39. The Morgan fingerprint density at radius 3 is 1.13 bits per heavy atom. The molecule has 2 aliphatic rings. The summed E-state index contributed by atoms with van der Waals surface area (Å²) >= 11 is 0. The average molecular weight is 700 g/mol. The van der Waals surface area contributed by atoms with Crippen LogP contribution in [0.1, 0.15) is 11.1 Å². The smallest absolute Gasteiger partial charge is 0.0468 e. The molecule has 10 rings (SSSR count). The van der Waals surface area contributed by atoms with Crippen molar-refractivity contribution in [3.8, 4) is 66.8 Å². The molecular formula is C54H37N. The van der Waals surface area contributed by atoms with Gasteiger partial charge >= 0.3 is 0 Å². The van der Waals surface area contributed by atoms with Crippen molar-refractivity contribution < 1.29 is 0 Å². The van der Waals surface area contributed by atoms with Gasteiger partial charge < -0.3 is 4.90 Å². The van der Waals surface area contributed by atoms with Crippen molar-refractivity contribution in [1.29, 1.82) is 0 Å². The molecule has 0 radical (unpaired) electrons. The van der Waals surface area contributed by atoms with Crippen LogP contribution in [-0.2, 0) is 0 Å². The highest BCUT2D eigenvalue weighted by Crippen LogP contribution is 2.50. The predicted octanol–water partition coefficient (Wildman–Crippen LogP) is 15.1. The van der Waals surface area contributed by atoms with Crippen molar-refractivity contribution >= 4 is 29.2 Å². The van der Waals surface area contributed by atoms with E-state index in [1.54, 1.807) is 0 Å². The van der Waals surface area contributed by atoms with Crippen LogP contribution in [0.15, 0.2) is 212 Å². The number of para-hydroxylation sites is 1. The Morgan fingerprint density at radius 2 is 0.582 bits per heavy atom. The third-order valence-corrected chi connectivity index (χ3v) is 10.9. The largest absolute Gasteiger partial charge is 0.310 e. The summed E-state index contributed by atoms with van der Waals surface area (Å²) in [5.74, 6) is 0. The van der Waals surface area contributed by atoms with E-state index in [4.69, 9.17) is 0 Å². The van der Waals surface area contributed by atoms with Crippen molar-refractivity contribution in [3.63, 3.8) is 0 Å². The van der Waals surface area contributed by atoms with E-state index in [1.807, 2.05) is 0 Å². The molecule has 0 fully saturated rings. The number of anilines is 3. The number of fused-ring (bicyclic) bond motifs is 13. The van der Waals surface area contributed by atoms with Crippen LogP contribution in [0.25, 0.3) is 78.9 Å². The number of benzene rings is 8. The highest BCUT2D eigenvalue weighted by atomic mass is 15.1. The first-order valence-corrected chi connectivity index (χ1v) is 18.9. The second-order valence-electron chi connectivity index (χ2n) is 14.0. The van der Waals surface area contributed by atoms with Crippen LogP contribution >= 0.6 is 0 Å². The molecule has 0 saturated heterocycles. The molecule has 258 valence electrons. The van der Waals surface area contributed by atoms with Gasteiger partial charge in [-0.05, 0) is 114 Å². The third kappa shape index (κ3) is 5.84. The predicted molar refractivity (Wildman–Crippen MR) is 235 cm³/mol. The van der Waals surface area contributed by atoms with Crippen LogP contribution in [0.2, 0.25) is 0 Å². The van der Waals surface area contributed by atoms with Gasteiger partial charge in [0, 0.05) is 17.1 Å². The number of hydrogen-bond donors (Lipinski definition) is 0. The fourth-order valence-corrected chi connectivity index (χ4v) is 8.37. The molecule has 0 N–H and O–H groups in total. The Balaban J connectivity index is 1.19. The highest BCUT2D eigenvalue weighted by molar-refractivity contribution is 6.04. The summed E-state index contributed by atoms with van der Waals surface area (Å²) in [6.45, 7) is 0. The lowest BCUT2D eigenvalue weighted by Crippen LogP contribution is -2.11. The summed E-state index contributed by atoms with van der Waals surface area (Å²) in [5, 5.41) is 0. The van der Waals surface area contributed by atoms with Crippen LogP contribution < -0.4 is 4.90 Å². The van der Waals surface area contributed by atoms with Gasteiger partial charge in [-0.2, -0.15) is 0 Å². The van der Waals surface area contributed by atoms with E-state index in [-0.39, 0.29) is 0 Å². The zero-order valence-electron chi connectivity index (χ0n) is 30.3. The quantitative estimate of drug-likeness (QED) is 0.177. The van der Waals surface area contributed by atoms with Crippen LogP contribution in [0.5, 0.6) is 0 Å². The molecule has 0 amide bonds. The van der Waals surface area contributed by atoms with Crippen molar-refractivity contribution in [2.24, 2.45) is 0 Å². The lowest BCUT2D eigenvalue weighted by molar-refractivity contribution is 1.28. The molecule has 0 bridgehead atoms. The second-order valence-corrected chi connectivity index (χ2v) is 14.0. The van der Waals surface area contributed by atoms with Gasteiger partial charge in [-0.3, -0.25) is 0 Å². The van der Waals surface area contributed by atoms with Crippen LogP contribution in [0, 0.1) is 0 Å². The molecule has 0 saturated carbocycles. The minimum atomic E-state index is 1.09. The van der Waals surface area contributed by atoms with Crippen molar-refractivity contribution in [3.05, 3.63) is 223 Å². The standard InChI is InChI=1S/C54H37N/c1-2-5-20-39-36-41(32-34-44(39)46-25-11-10-24-45(46)43-23-9-8-19-38(43)18-4-1)55(40-21-6-3-7-22-40)42-33-35-53-51-30-15-14-28-49(51)47-26-12-13-27-48(47)50-29-16-17-31-52(50)54(53)37-42/h1-37H/b2-1-,4-1?,5-2?,18-4+,20-5+,38-18?,39-20?,45-43?,46-44?,49-47?,50-48?,53-51?,54-52?. The van der Waals surface area contributed by atoms with Crippen molar-refractivity contribution in [2.75, 3.05) is 4.90 Å². The van der Waals surface area contributed by atoms with Gasteiger partial charge in [0.2, 0.25) is 0 Å². The molecule has 0 aromatic heterocycles. The van der Waals surface area contributed by atoms with E-state index in [2.05, 4.69) is 229 Å². The fourth-order valence-electron chi connectivity index (χ4n) is 8.37. The molecule has 55 heavy (non-hydrogen) atoms. The minimum absolute atomic E-state index is 1.09. The van der Waals surface area contributed by atoms with Crippen molar-refractivity contribution in [2.45, 2.75) is 0 Å². The summed E-state index contributed by atoms with van der Waals surface area (Å²) in [4.78, 5) is 2.39. The SMILES string of the molecule is C1=C\C=C\c2cc(N(c3ccccc3)c3ccc4c(c3)-c3ccccc3-c3ccccc3-c3ccccc3-4)ccc2-c2ccccc2-c2ccccc2/C=C/1. The maximum atomic E-state index is 2.39. The first-order valence-electron chi connectivity index (χ1n) is 18.9. The monoisotopic (exact) mass is 699 g/mol. The van der Waals surface area contributed by atoms with Gasteiger partial charge in [-0.25, -0.2) is 0 Å². The van der Waals surface area contributed by atoms with Gasteiger partial charge in [0.1, 0.15) is 0 Å². The molecule has 8 aromatic rings. The molecule has 2 aliphatic carbocycles. The van der Waals surface area contributed by atoms with Crippen molar-refractivity contribution in [1.82, 2.24) is 0 Å². The lowest BCUT2D eigenvalue weighted by Gasteiger charge is -2.29.